The first-order valence-corrected chi connectivity index (χ1v) is 18.7. The third-order valence-corrected chi connectivity index (χ3v) is 8.33. The van der Waals surface area contributed by atoms with Crippen LogP contribution in [0.3, 0.4) is 0 Å². The van der Waals surface area contributed by atoms with Crippen molar-refractivity contribution in [2.75, 3.05) is 19.0 Å². The number of esters is 2. The van der Waals surface area contributed by atoms with E-state index in [0.717, 1.165) is 50.7 Å². The molecule has 0 rings (SSSR count). The van der Waals surface area contributed by atoms with Crippen LogP contribution in [0.5, 0.6) is 0 Å². The van der Waals surface area contributed by atoms with E-state index >= 15 is 0 Å². The molecule has 0 aliphatic rings. The van der Waals surface area contributed by atoms with Crippen molar-refractivity contribution >= 4 is 36.6 Å². The molecule has 0 amide bonds. The maximum absolute atomic E-state index is 12.2. The van der Waals surface area contributed by atoms with Crippen molar-refractivity contribution < 1.29 is 102 Å². The molecule has 0 aromatic carbocycles. The minimum Gasteiger partial charge on any atom is -0.790 e. The molecule has 1 atom stereocenters. The molecule has 13 heteroatoms. The Bertz CT molecular complexity index is 741. The molecule has 0 heterocycles. The summed E-state index contributed by atoms with van der Waals surface area (Å²) in [6.45, 7) is 2.79. The van der Waals surface area contributed by atoms with Gasteiger partial charge in [0.2, 0.25) is 0 Å². The summed E-state index contributed by atoms with van der Waals surface area (Å²) in [6, 6.07) is 0. The Morgan fingerprint density at radius 1 is 0.636 bits per heavy atom. The zero-order valence-corrected chi connectivity index (χ0v) is 34.0. The first kappa shape index (κ1) is 49.5. The van der Waals surface area contributed by atoms with Gasteiger partial charge in [-0.1, -0.05) is 128 Å². The summed E-state index contributed by atoms with van der Waals surface area (Å²) in [6.07, 6.45) is 21.3. The maximum Gasteiger partial charge on any atom is 1.00 e. The summed E-state index contributed by atoms with van der Waals surface area (Å²) >= 11 is 1.40. The monoisotopic (exact) mass is 682 g/mol. The van der Waals surface area contributed by atoms with E-state index in [1.165, 1.54) is 82.4 Å². The third kappa shape index (κ3) is 39.2. The van der Waals surface area contributed by atoms with Crippen molar-refractivity contribution in [3.05, 3.63) is 0 Å². The Balaban J connectivity index is -0.00000840. The quantitative estimate of drug-likeness (QED) is 0.0469. The molecule has 0 aromatic rings. The van der Waals surface area contributed by atoms with Crippen LogP contribution in [0, 0.1) is 0 Å². The van der Waals surface area contributed by atoms with E-state index < -0.39 is 32.5 Å². The third-order valence-electron chi connectivity index (χ3n) is 6.96. The molecule has 0 aliphatic heterocycles. The van der Waals surface area contributed by atoms with Crippen molar-refractivity contribution in [3.63, 3.8) is 0 Å². The van der Waals surface area contributed by atoms with Gasteiger partial charge in [-0.05, 0) is 19.3 Å². The molecule has 0 aliphatic carbocycles. The van der Waals surface area contributed by atoms with E-state index in [-0.39, 0.29) is 83.7 Å². The van der Waals surface area contributed by atoms with Crippen LogP contribution in [0.1, 0.15) is 155 Å². The Labute approximate surface area is 316 Å². The van der Waals surface area contributed by atoms with Gasteiger partial charge in [0.05, 0.1) is 14.4 Å². The van der Waals surface area contributed by atoms with Crippen LogP contribution < -0.4 is 68.9 Å². The van der Waals surface area contributed by atoms with Crippen LogP contribution in [0.15, 0.2) is 0 Å². The van der Waals surface area contributed by atoms with Gasteiger partial charge >= 0.3 is 71.1 Å². The van der Waals surface area contributed by atoms with E-state index in [4.69, 9.17) is 9.47 Å². The van der Waals surface area contributed by atoms with Crippen LogP contribution in [0.4, 0.5) is 0 Å². The molecule has 0 bridgehead atoms. The molecular weight excluding hydrogens is 625 g/mol. The second kappa shape index (κ2) is 35.4. The summed E-state index contributed by atoms with van der Waals surface area (Å²) in [5.41, 5.74) is 0. The SMILES string of the molecule is CCCCCCCCCCCCC(=O)O[C@@H](COC(=O)CCCCCCCCCCCCSC(C)=O)COP(=O)([O-])[O-].[Na+].[Na+]. The molecule has 0 N–H and O–H groups in total. The average Bonchev–Trinajstić information content (AvgIpc) is 2.93. The average molecular weight is 683 g/mol. The first-order valence-electron chi connectivity index (χ1n) is 16.3. The Morgan fingerprint density at radius 2 is 1.05 bits per heavy atom. The van der Waals surface area contributed by atoms with Gasteiger partial charge in [0.1, 0.15) is 6.61 Å². The summed E-state index contributed by atoms with van der Waals surface area (Å²) in [5, 5.41) is 0.186. The standard InChI is InChI=1S/C31H59O9PS.2Na/c1-3-4-5-6-7-8-11-15-18-21-24-31(34)40-29(27-39-41(35,36)37)26-38-30(33)23-20-17-14-12-9-10-13-16-19-22-25-42-28(2)32;;/h29H,3-27H2,1-2H3,(H2,35,36,37);;/q;2*+1/p-2/t29-;;/m0../s1. The van der Waals surface area contributed by atoms with Crippen LogP contribution in [0.25, 0.3) is 0 Å². The molecular formula is C31H57Na2O9PS. The predicted molar refractivity (Wildman–Crippen MR) is 165 cm³/mol. The zero-order chi connectivity index (χ0) is 31.3. The number of ether oxygens (including phenoxy) is 2. The molecule has 0 radical (unpaired) electrons. The minimum absolute atomic E-state index is 0. The van der Waals surface area contributed by atoms with Crippen molar-refractivity contribution in [2.24, 2.45) is 0 Å². The number of thioether (sulfide) groups is 1. The summed E-state index contributed by atoms with van der Waals surface area (Å²) in [5.74, 6) is -0.0713. The van der Waals surface area contributed by atoms with Gasteiger partial charge in [0.15, 0.2) is 11.2 Å². The molecule has 248 valence electrons. The second-order valence-corrected chi connectivity index (χ2v) is 13.5. The van der Waals surface area contributed by atoms with E-state index in [1.54, 1.807) is 6.92 Å². The van der Waals surface area contributed by atoms with E-state index in [2.05, 4.69) is 11.4 Å². The van der Waals surface area contributed by atoms with Gasteiger partial charge < -0.3 is 28.3 Å². The van der Waals surface area contributed by atoms with Gasteiger partial charge in [-0.25, -0.2) is 0 Å². The van der Waals surface area contributed by atoms with Crippen molar-refractivity contribution in [1.82, 2.24) is 0 Å². The minimum atomic E-state index is -5.25. The predicted octanol–water partition coefficient (Wildman–Crippen LogP) is 1.18. The van der Waals surface area contributed by atoms with Gasteiger partial charge in [0, 0.05) is 25.5 Å². The molecule has 0 saturated carbocycles. The second-order valence-electron chi connectivity index (χ2n) is 11.1. The van der Waals surface area contributed by atoms with Crippen LogP contribution in [-0.2, 0) is 32.9 Å². The Morgan fingerprint density at radius 3 is 1.48 bits per heavy atom. The van der Waals surface area contributed by atoms with Crippen molar-refractivity contribution in [1.29, 1.82) is 0 Å². The van der Waals surface area contributed by atoms with E-state index in [0.29, 0.717) is 12.8 Å². The largest absolute Gasteiger partial charge is 1.00 e. The number of phosphoric ester groups is 1. The number of unbranched alkanes of at least 4 members (excludes halogenated alkanes) is 18. The van der Waals surface area contributed by atoms with Crippen LogP contribution >= 0.6 is 19.6 Å². The normalized spacial score (nSPS) is 11.7. The van der Waals surface area contributed by atoms with Gasteiger partial charge in [-0.3, -0.25) is 14.4 Å². The topological polar surface area (TPSA) is 142 Å². The zero-order valence-electron chi connectivity index (χ0n) is 28.3. The number of hydrogen-bond acceptors (Lipinski definition) is 10. The molecule has 0 fully saturated rings. The van der Waals surface area contributed by atoms with E-state index in [1.807, 2.05) is 0 Å². The molecule has 0 saturated heterocycles. The number of hydrogen-bond donors (Lipinski definition) is 0. The Kier molecular flexibility index (Phi) is 39.8. The fraction of sp³-hybridized carbons (Fsp3) is 0.903. The van der Waals surface area contributed by atoms with E-state index in [9.17, 15) is 28.7 Å². The fourth-order valence-electron chi connectivity index (χ4n) is 4.55. The number of phosphoric acid groups is 1. The molecule has 0 spiro atoms. The summed E-state index contributed by atoms with van der Waals surface area (Å²) in [4.78, 5) is 57.0. The fourth-order valence-corrected chi connectivity index (χ4v) is 5.54. The number of rotatable bonds is 30. The number of carbonyl (C=O) groups excluding carboxylic acids is 3. The van der Waals surface area contributed by atoms with Crippen molar-refractivity contribution in [3.8, 4) is 0 Å². The van der Waals surface area contributed by atoms with Gasteiger partial charge in [-0.15, -0.1) is 0 Å². The van der Waals surface area contributed by atoms with Gasteiger partial charge in [0.25, 0.3) is 0 Å². The maximum atomic E-state index is 12.2. The molecule has 44 heavy (non-hydrogen) atoms. The van der Waals surface area contributed by atoms with Crippen LogP contribution in [-0.4, -0.2) is 42.1 Å². The molecule has 0 aromatic heterocycles. The smallest absolute Gasteiger partial charge is 0.790 e. The van der Waals surface area contributed by atoms with Gasteiger partial charge in [-0.2, -0.15) is 0 Å². The van der Waals surface area contributed by atoms with Crippen molar-refractivity contribution in [2.45, 2.75) is 161 Å². The first-order chi connectivity index (χ1) is 20.1. The summed E-state index contributed by atoms with van der Waals surface area (Å²) in [7, 11) is -5.25. The van der Waals surface area contributed by atoms with Crippen LogP contribution in [0.2, 0.25) is 0 Å². The molecule has 9 nitrogen and oxygen atoms in total. The summed E-state index contributed by atoms with van der Waals surface area (Å²) < 4.78 is 25.6. The Hall–Kier alpha value is 1.07. The number of carbonyl (C=O) groups is 3. The molecule has 0 unspecified atom stereocenters.